The molecular formula is C10H12ClN3O4. The Morgan fingerprint density at radius 3 is 2.72 bits per heavy atom. The number of aromatic nitrogens is 2. The van der Waals surface area contributed by atoms with Crippen molar-refractivity contribution < 1.29 is 14.4 Å². The smallest absolute Gasteiger partial charge is 0.352 e. The first-order valence-electron chi connectivity index (χ1n) is 5.51. The van der Waals surface area contributed by atoms with E-state index in [9.17, 15) is 10.1 Å². The fourth-order valence-corrected chi connectivity index (χ4v) is 1.96. The predicted octanol–water partition coefficient (Wildman–Crippen LogP) is 1.90. The summed E-state index contributed by atoms with van der Waals surface area (Å²) in [5, 5.41) is 10.9. The number of nitro groups is 1. The molecule has 0 atom stereocenters. The second-order valence-electron chi connectivity index (χ2n) is 3.92. The first kappa shape index (κ1) is 13.0. The summed E-state index contributed by atoms with van der Waals surface area (Å²) in [5.41, 5.74) is -0.0343. The lowest BCUT2D eigenvalue weighted by atomic mass is 10.1. The summed E-state index contributed by atoms with van der Waals surface area (Å²) in [6, 6.07) is 0. The van der Waals surface area contributed by atoms with Crippen molar-refractivity contribution in [1.29, 1.82) is 0 Å². The van der Waals surface area contributed by atoms with E-state index in [1.54, 1.807) is 0 Å². The molecule has 1 aromatic heterocycles. The summed E-state index contributed by atoms with van der Waals surface area (Å²) in [7, 11) is 0. The van der Waals surface area contributed by atoms with E-state index in [2.05, 4.69) is 9.97 Å². The number of nitrogens with zero attached hydrogens (tertiary/aromatic N) is 3. The lowest BCUT2D eigenvalue weighted by Crippen LogP contribution is -2.26. The van der Waals surface area contributed by atoms with Gasteiger partial charge in [0.05, 0.1) is 18.1 Å². The van der Waals surface area contributed by atoms with Crippen LogP contribution in [0.25, 0.3) is 0 Å². The number of hydrogen-bond acceptors (Lipinski definition) is 6. The quantitative estimate of drug-likeness (QED) is 0.475. The normalized spacial score (nSPS) is 16.6. The molecule has 0 spiro atoms. The summed E-state index contributed by atoms with van der Waals surface area (Å²) in [5.74, 6) is -0.0654. The highest BCUT2D eigenvalue weighted by Gasteiger charge is 2.26. The predicted molar refractivity (Wildman–Crippen MR) is 62.9 cm³/mol. The largest absolute Gasteiger partial charge is 0.469 e. The van der Waals surface area contributed by atoms with Gasteiger partial charge in [0.25, 0.3) is 5.88 Å². The summed E-state index contributed by atoms with van der Waals surface area (Å²) in [4.78, 5) is 18.0. The second-order valence-corrected chi connectivity index (χ2v) is 4.26. The van der Waals surface area contributed by atoms with Crippen molar-refractivity contribution in [2.24, 2.45) is 0 Å². The highest BCUT2D eigenvalue weighted by Crippen LogP contribution is 2.30. The Bertz CT molecular complexity index is 463. The molecule has 1 aromatic rings. The van der Waals surface area contributed by atoms with Gasteiger partial charge in [-0.05, 0) is 18.5 Å². The Morgan fingerprint density at radius 2 is 2.11 bits per heavy atom. The molecule has 0 bridgehead atoms. The van der Waals surface area contributed by atoms with Crippen molar-refractivity contribution in [3.8, 4) is 5.88 Å². The highest BCUT2D eigenvalue weighted by atomic mass is 35.5. The third-order valence-electron chi connectivity index (χ3n) is 2.63. The zero-order chi connectivity index (χ0) is 13.1. The van der Waals surface area contributed by atoms with E-state index >= 15 is 0 Å². The van der Waals surface area contributed by atoms with Crippen LogP contribution in [0, 0.1) is 17.0 Å². The molecule has 1 aliphatic rings. The van der Waals surface area contributed by atoms with Gasteiger partial charge in [-0.25, -0.2) is 4.98 Å². The first-order valence-corrected chi connectivity index (χ1v) is 5.88. The molecule has 1 fully saturated rings. The van der Waals surface area contributed by atoms with E-state index in [4.69, 9.17) is 21.1 Å². The van der Waals surface area contributed by atoms with E-state index in [1.807, 2.05) is 0 Å². The molecule has 8 heteroatoms. The van der Waals surface area contributed by atoms with Gasteiger partial charge in [0, 0.05) is 12.8 Å². The molecule has 7 nitrogen and oxygen atoms in total. The van der Waals surface area contributed by atoms with Crippen molar-refractivity contribution >= 4 is 17.3 Å². The van der Waals surface area contributed by atoms with Gasteiger partial charge in [-0.3, -0.25) is 10.1 Å². The number of aryl methyl sites for hydroxylation is 1. The number of ether oxygens (including phenoxy) is 2. The molecule has 18 heavy (non-hydrogen) atoms. The van der Waals surface area contributed by atoms with E-state index in [-0.39, 0.29) is 28.6 Å². The van der Waals surface area contributed by atoms with Crippen molar-refractivity contribution in [2.75, 3.05) is 13.2 Å². The molecule has 0 N–H and O–H groups in total. The Labute approximate surface area is 108 Å². The van der Waals surface area contributed by atoms with Crippen LogP contribution < -0.4 is 4.74 Å². The fourth-order valence-electron chi connectivity index (χ4n) is 1.75. The van der Waals surface area contributed by atoms with Crippen LogP contribution in [0.4, 0.5) is 5.69 Å². The van der Waals surface area contributed by atoms with Crippen LogP contribution in [0.15, 0.2) is 0 Å². The molecule has 1 saturated heterocycles. The molecule has 0 saturated carbocycles. The number of rotatable bonds is 3. The van der Waals surface area contributed by atoms with Crippen molar-refractivity contribution in [3.63, 3.8) is 0 Å². The van der Waals surface area contributed by atoms with Crippen LogP contribution in [0.3, 0.4) is 0 Å². The van der Waals surface area contributed by atoms with Crippen LogP contribution in [-0.2, 0) is 4.74 Å². The van der Waals surface area contributed by atoms with Crippen LogP contribution in [0.2, 0.25) is 5.28 Å². The van der Waals surface area contributed by atoms with Gasteiger partial charge in [0.2, 0.25) is 5.28 Å². The maximum absolute atomic E-state index is 11.0. The topological polar surface area (TPSA) is 87.4 Å². The molecule has 0 aromatic carbocycles. The van der Waals surface area contributed by atoms with Crippen molar-refractivity contribution in [1.82, 2.24) is 9.97 Å². The van der Waals surface area contributed by atoms with Gasteiger partial charge in [-0.15, -0.1) is 0 Å². The maximum atomic E-state index is 11.0. The molecule has 0 unspecified atom stereocenters. The maximum Gasteiger partial charge on any atom is 0.352 e. The van der Waals surface area contributed by atoms with Gasteiger partial charge in [0.15, 0.2) is 0 Å². The van der Waals surface area contributed by atoms with Crippen LogP contribution in [0.1, 0.15) is 18.5 Å². The van der Waals surface area contributed by atoms with Crippen molar-refractivity contribution in [3.05, 3.63) is 21.1 Å². The Hall–Kier alpha value is -1.47. The SMILES string of the molecule is Cc1nc(Cl)nc(OC2CCOCC2)c1[N+](=O)[O-]. The summed E-state index contributed by atoms with van der Waals surface area (Å²) in [6.07, 6.45) is 1.22. The lowest BCUT2D eigenvalue weighted by Gasteiger charge is -2.22. The molecule has 2 rings (SSSR count). The third kappa shape index (κ3) is 2.85. The van der Waals surface area contributed by atoms with Gasteiger partial charge >= 0.3 is 5.69 Å². The average Bonchev–Trinajstić information content (AvgIpc) is 2.28. The monoisotopic (exact) mass is 273 g/mol. The minimum Gasteiger partial charge on any atom is -0.469 e. The Balaban J connectivity index is 2.27. The number of halogens is 1. The zero-order valence-electron chi connectivity index (χ0n) is 9.76. The molecule has 2 heterocycles. The van der Waals surface area contributed by atoms with E-state index in [0.717, 1.165) is 0 Å². The number of hydrogen-bond donors (Lipinski definition) is 0. The van der Waals surface area contributed by atoms with Crippen molar-refractivity contribution in [2.45, 2.75) is 25.9 Å². The van der Waals surface area contributed by atoms with Gasteiger partial charge in [-0.1, -0.05) is 0 Å². The molecular weight excluding hydrogens is 262 g/mol. The fraction of sp³-hybridized carbons (Fsp3) is 0.600. The van der Waals surface area contributed by atoms with Gasteiger partial charge < -0.3 is 9.47 Å². The Kier molecular flexibility index (Phi) is 3.93. The van der Waals surface area contributed by atoms with E-state index in [0.29, 0.717) is 26.1 Å². The second kappa shape index (κ2) is 5.45. The van der Waals surface area contributed by atoms with Gasteiger partial charge in [0.1, 0.15) is 11.8 Å². The summed E-state index contributed by atoms with van der Waals surface area (Å²) in [6.45, 7) is 2.66. The Morgan fingerprint density at radius 1 is 1.44 bits per heavy atom. The molecule has 98 valence electrons. The van der Waals surface area contributed by atoms with Crippen LogP contribution >= 0.6 is 11.6 Å². The highest BCUT2D eigenvalue weighted by molar-refractivity contribution is 6.28. The minimum atomic E-state index is -0.555. The molecule has 0 aliphatic carbocycles. The van der Waals surface area contributed by atoms with Crippen LogP contribution in [0.5, 0.6) is 5.88 Å². The van der Waals surface area contributed by atoms with Crippen LogP contribution in [-0.4, -0.2) is 34.2 Å². The molecule has 0 amide bonds. The zero-order valence-corrected chi connectivity index (χ0v) is 10.5. The lowest BCUT2D eigenvalue weighted by molar-refractivity contribution is -0.387. The summed E-state index contributed by atoms with van der Waals surface area (Å²) >= 11 is 5.69. The molecule has 1 aliphatic heterocycles. The van der Waals surface area contributed by atoms with Gasteiger partial charge in [-0.2, -0.15) is 4.98 Å². The average molecular weight is 274 g/mol. The molecule has 0 radical (unpaired) electrons. The first-order chi connectivity index (χ1) is 8.58. The minimum absolute atomic E-state index is 0.0554. The third-order valence-corrected chi connectivity index (χ3v) is 2.80. The summed E-state index contributed by atoms with van der Waals surface area (Å²) < 4.78 is 10.7. The standard InChI is InChI=1S/C10H12ClN3O4/c1-6-8(14(15)16)9(13-10(11)12-6)18-7-2-4-17-5-3-7/h7H,2-5H2,1H3. The van der Waals surface area contributed by atoms with E-state index in [1.165, 1.54) is 6.92 Å². The van der Waals surface area contributed by atoms with E-state index < -0.39 is 4.92 Å².